The van der Waals surface area contributed by atoms with Crippen LogP contribution in [0.1, 0.15) is 30.0 Å². The van der Waals surface area contributed by atoms with Crippen LogP contribution in [-0.2, 0) is 17.3 Å². The van der Waals surface area contributed by atoms with Gasteiger partial charge in [-0.05, 0) is 24.1 Å². The molecule has 1 aromatic carbocycles. The minimum Gasteiger partial charge on any atom is -0.334 e. The molecule has 0 fully saturated rings. The lowest BCUT2D eigenvalue weighted by atomic mass is 10.2. The van der Waals surface area contributed by atoms with Gasteiger partial charge in [-0.1, -0.05) is 19.1 Å². The van der Waals surface area contributed by atoms with E-state index in [1.807, 2.05) is 36.6 Å². The molecule has 0 saturated carbocycles. The van der Waals surface area contributed by atoms with Crippen molar-refractivity contribution in [1.29, 1.82) is 0 Å². The Kier molecular flexibility index (Phi) is 6.09. The highest BCUT2D eigenvalue weighted by Crippen LogP contribution is 2.18. The van der Waals surface area contributed by atoms with Crippen LogP contribution in [0.25, 0.3) is 0 Å². The average molecular weight is 337 g/mol. The van der Waals surface area contributed by atoms with Gasteiger partial charge in [-0.25, -0.2) is 9.78 Å². The minimum absolute atomic E-state index is 0.0649. The number of thiazole rings is 1. The molecule has 2 aromatic rings. The summed E-state index contributed by atoms with van der Waals surface area (Å²) in [6.07, 6.45) is 4.17. The predicted molar refractivity (Wildman–Crippen MR) is 89.3 cm³/mol. The molecular formula is C15H19N3O2S2. The molecule has 0 radical (unpaired) electrons. The van der Waals surface area contributed by atoms with E-state index >= 15 is 0 Å². The second kappa shape index (κ2) is 8.05. The SMILES string of the molecule is CCC(NC(=O)NCc1ccc(S(C)=O)cc1)c1nccs1. The van der Waals surface area contributed by atoms with Gasteiger partial charge in [-0.3, -0.25) is 4.21 Å². The smallest absolute Gasteiger partial charge is 0.315 e. The Morgan fingerprint density at radius 3 is 2.64 bits per heavy atom. The van der Waals surface area contributed by atoms with E-state index in [-0.39, 0.29) is 12.1 Å². The van der Waals surface area contributed by atoms with Crippen molar-refractivity contribution in [3.8, 4) is 0 Å². The van der Waals surface area contributed by atoms with E-state index in [1.54, 1.807) is 12.5 Å². The molecule has 118 valence electrons. The number of nitrogens with zero attached hydrogens (tertiary/aromatic N) is 1. The van der Waals surface area contributed by atoms with E-state index in [0.717, 1.165) is 21.9 Å². The highest BCUT2D eigenvalue weighted by Gasteiger charge is 2.14. The first-order valence-electron chi connectivity index (χ1n) is 6.96. The number of amides is 2. The number of carbonyl (C=O) groups excluding carboxylic acids is 1. The summed E-state index contributed by atoms with van der Waals surface area (Å²) in [6, 6.07) is 7.09. The summed E-state index contributed by atoms with van der Waals surface area (Å²) in [4.78, 5) is 17.0. The third kappa shape index (κ3) is 4.64. The zero-order valence-corrected chi connectivity index (χ0v) is 14.2. The van der Waals surface area contributed by atoms with Crippen LogP contribution in [0.4, 0.5) is 4.79 Å². The van der Waals surface area contributed by atoms with Gasteiger partial charge in [0, 0.05) is 40.1 Å². The lowest BCUT2D eigenvalue weighted by molar-refractivity contribution is 0.236. The van der Waals surface area contributed by atoms with Gasteiger partial charge in [0.2, 0.25) is 0 Å². The number of hydrogen-bond acceptors (Lipinski definition) is 4. The molecule has 2 N–H and O–H groups in total. The number of nitrogens with one attached hydrogen (secondary N) is 2. The molecule has 1 heterocycles. The van der Waals surface area contributed by atoms with Crippen molar-refractivity contribution in [1.82, 2.24) is 15.6 Å². The predicted octanol–water partition coefficient (Wildman–Crippen LogP) is 2.83. The molecule has 7 heteroatoms. The fraction of sp³-hybridized carbons (Fsp3) is 0.333. The lowest BCUT2D eigenvalue weighted by Crippen LogP contribution is -2.37. The van der Waals surface area contributed by atoms with Crippen LogP contribution in [0.3, 0.4) is 0 Å². The molecule has 0 bridgehead atoms. The monoisotopic (exact) mass is 337 g/mol. The molecule has 2 unspecified atom stereocenters. The first kappa shape index (κ1) is 16.6. The second-order valence-corrected chi connectivity index (χ2v) is 7.06. The molecule has 0 aliphatic heterocycles. The van der Waals surface area contributed by atoms with Gasteiger partial charge in [-0.2, -0.15) is 0 Å². The number of aromatic nitrogens is 1. The summed E-state index contributed by atoms with van der Waals surface area (Å²) in [7, 11) is -0.982. The molecule has 22 heavy (non-hydrogen) atoms. The molecule has 2 amide bonds. The van der Waals surface area contributed by atoms with Gasteiger partial charge in [0.1, 0.15) is 5.01 Å². The molecule has 2 atom stereocenters. The highest BCUT2D eigenvalue weighted by molar-refractivity contribution is 7.84. The van der Waals surface area contributed by atoms with Crippen molar-refractivity contribution < 1.29 is 9.00 Å². The molecule has 5 nitrogen and oxygen atoms in total. The summed E-state index contributed by atoms with van der Waals surface area (Å²) in [5, 5.41) is 8.55. The first-order chi connectivity index (χ1) is 10.6. The molecular weight excluding hydrogens is 318 g/mol. The molecule has 0 aliphatic rings. The maximum atomic E-state index is 12.0. The van der Waals surface area contributed by atoms with Crippen LogP contribution in [0.5, 0.6) is 0 Å². The van der Waals surface area contributed by atoms with Crippen molar-refractivity contribution >= 4 is 28.2 Å². The van der Waals surface area contributed by atoms with Crippen molar-refractivity contribution in [3.05, 3.63) is 46.4 Å². The quantitative estimate of drug-likeness (QED) is 0.851. The lowest BCUT2D eigenvalue weighted by Gasteiger charge is -2.15. The Labute approximate surface area is 136 Å². The van der Waals surface area contributed by atoms with Gasteiger partial charge in [0.15, 0.2) is 0 Å². The molecule has 0 saturated heterocycles. The third-order valence-electron chi connectivity index (χ3n) is 3.17. The summed E-state index contributed by atoms with van der Waals surface area (Å²) < 4.78 is 11.3. The summed E-state index contributed by atoms with van der Waals surface area (Å²) in [6.45, 7) is 2.44. The van der Waals surface area contributed by atoms with Crippen LogP contribution >= 0.6 is 11.3 Å². The summed E-state index contributed by atoms with van der Waals surface area (Å²) >= 11 is 1.53. The third-order valence-corrected chi connectivity index (χ3v) is 5.00. The zero-order chi connectivity index (χ0) is 15.9. The van der Waals surface area contributed by atoms with Crippen LogP contribution in [-0.4, -0.2) is 21.5 Å². The number of rotatable bonds is 6. The van der Waals surface area contributed by atoms with Crippen molar-refractivity contribution in [2.75, 3.05) is 6.26 Å². The van der Waals surface area contributed by atoms with Crippen LogP contribution in [0.2, 0.25) is 0 Å². The number of hydrogen-bond donors (Lipinski definition) is 2. The van der Waals surface area contributed by atoms with Gasteiger partial charge in [-0.15, -0.1) is 11.3 Å². The minimum atomic E-state index is -0.982. The first-order valence-corrected chi connectivity index (χ1v) is 9.40. The number of benzene rings is 1. The summed E-state index contributed by atoms with van der Waals surface area (Å²) in [5.41, 5.74) is 0.964. The Morgan fingerprint density at radius 1 is 1.36 bits per heavy atom. The molecule has 0 spiro atoms. The van der Waals surface area contributed by atoms with Gasteiger partial charge in [0.05, 0.1) is 6.04 Å². The normalized spacial score (nSPS) is 13.4. The van der Waals surface area contributed by atoms with Gasteiger partial charge >= 0.3 is 6.03 Å². The van der Waals surface area contributed by atoms with E-state index in [0.29, 0.717) is 6.54 Å². The fourth-order valence-corrected chi connectivity index (χ4v) is 3.23. The number of carbonyl (C=O) groups is 1. The van der Waals surface area contributed by atoms with E-state index in [2.05, 4.69) is 15.6 Å². The zero-order valence-electron chi connectivity index (χ0n) is 12.5. The Hall–Kier alpha value is -1.73. The Bertz CT molecular complexity index is 627. The second-order valence-electron chi connectivity index (χ2n) is 4.76. The van der Waals surface area contributed by atoms with Crippen molar-refractivity contribution in [2.45, 2.75) is 30.8 Å². The van der Waals surface area contributed by atoms with E-state index in [4.69, 9.17) is 0 Å². The van der Waals surface area contributed by atoms with E-state index in [1.165, 1.54) is 11.3 Å². The van der Waals surface area contributed by atoms with Gasteiger partial charge in [0.25, 0.3) is 0 Å². The van der Waals surface area contributed by atoms with Crippen LogP contribution < -0.4 is 10.6 Å². The molecule has 0 aliphatic carbocycles. The van der Waals surface area contributed by atoms with Gasteiger partial charge < -0.3 is 10.6 Å². The number of urea groups is 1. The standard InChI is InChI=1S/C15H19N3O2S2/c1-3-13(14-16-8-9-21-14)18-15(19)17-10-11-4-6-12(7-5-11)22(2)20/h4-9,13H,3,10H2,1-2H3,(H2,17,18,19). The molecule has 1 aromatic heterocycles. The van der Waals surface area contributed by atoms with Crippen LogP contribution in [0, 0.1) is 0 Å². The fourth-order valence-electron chi connectivity index (χ4n) is 1.94. The van der Waals surface area contributed by atoms with Crippen LogP contribution in [0.15, 0.2) is 40.7 Å². The highest BCUT2D eigenvalue weighted by atomic mass is 32.2. The average Bonchev–Trinajstić information content (AvgIpc) is 3.05. The van der Waals surface area contributed by atoms with Crippen molar-refractivity contribution in [3.63, 3.8) is 0 Å². The topological polar surface area (TPSA) is 71.1 Å². The Balaban J connectivity index is 1.85. The Morgan fingerprint density at radius 2 is 2.09 bits per heavy atom. The maximum absolute atomic E-state index is 12.0. The summed E-state index contributed by atoms with van der Waals surface area (Å²) in [5.74, 6) is 0. The van der Waals surface area contributed by atoms with Crippen molar-refractivity contribution in [2.24, 2.45) is 0 Å². The largest absolute Gasteiger partial charge is 0.334 e. The van der Waals surface area contributed by atoms with E-state index in [9.17, 15) is 9.00 Å². The molecule has 2 rings (SSSR count). The van der Waals surface area contributed by atoms with E-state index < -0.39 is 10.8 Å². The maximum Gasteiger partial charge on any atom is 0.315 e.